The molecule has 0 radical (unpaired) electrons. The van der Waals surface area contributed by atoms with E-state index in [1.165, 1.54) is 6.07 Å². The predicted octanol–water partition coefficient (Wildman–Crippen LogP) is 5.86. The summed E-state index contributed by atoms with van der Waals surface area (Å²) in [5.41, 5.74) is 1.37. The number of halogens is 3. The summed E-state index contributed by atoms with van der Waals surface area (Å²) in [6, 6.07) is 14.8. The first-order valence-corrected chi connectivity index (χ1v) is 7.99. The highest BCUT2D eigenvalue weighted by Crippen LogP contribution is 2.34. The van der Waals surface area contributed by atoms with Crippen molar-refractivity contribution in [1.82, 2.24) is 9.55 Å². The number of para-hydroxylation sites is 1. The normalized spacial score (nSPS) is 12.4. The van der Waals surface area contributed by atoms with Gasteiger partial charge in [-0.3, -0.25) is 4.57 Å². The molecule has 0 aliphatic rings. The van der Waals surface area contributed by atoms with Crippen LogP contribution in [0, 0.1) is 0 Å². The molecule has 0 N–H and O–H groups in total. The van der Waals surface area contributed by atoms with Crippen LogP contribution in [0.1, 0.15) is 32.0 Å². The third-order valence-electron chi connectivity index (χ3n) is 3.99. The van der Waals surface area contributed by atoms with E-state index < -0.39 is 11.7 Å². The van der Waals surface area contributed by atoms with E-state index >= 15 is 0 Å². The van der Waals surface area contributed by atoms with E-state index in [1.807, 2.05) is 34.9 Å². The van der Waals surface area contributed by atoms with Crippen molar-refractivity contribution in [2.24, 2.45) is 0 Å². The topological polar surface area (TPSA) is 17.8 Å². The fourth-order valence-corrected chi connectivity index (χ4v) is 2.76. The zero-order valence-electron chi connectivity index (χ0n) is 14.3. The lowest BCUT2D eigenvalue weighted by Gasteiger charge is -2.22. The van der Waals surface area contributed by atoms with Gasteiger partial charge in [0.25, 0.3) is 0 Å². The molecule has 0 bridgehead atoms. The number of benzene rings is 2. The monoisotopic (exact) mass is 344 g/mol. The summed E-state index contributed by atoms with van der Waals surface area (Å²) in [6.07, 6.45) is -2.64. The molecular weight excluding hydrogens is 325 g/mol. The first-order chi connectivity index (χ1) is 11.7. The molecule has 1 heterocycles. The van der Waals surface area contributed by atoms with Gasteiger partial charge in [0.1, 0.15) is 5.82 Å². The molecule has 130 valence electrons. The molecule has 0 aliphatic carbocycles. The third kappa shape index (κ3) is 3.45. The van der Waals surface area contributed by atoms with E-state index in [2.05, 4.69) is 25.8 Å². The number of alkyl halides is 3. The van der Waals surface area contributed by atoms with Crippen LogP contribution >= 0.6 is 0 Å². The van der Waals surface area contributed by atoms with Crippen molar-refractivity contribution in [3.63, 3.8) is 0 Å². The van der Waals surface area contributed by atoms with Crippen molar-refractivity contribution in [2.75, 3.05) is 0 Å². The standard InChI is InChI=1S/C20H19F3N2/c1-19(2,3)17-13-24-18(25(17)16-10-5-4-6-11-16)14-8-7-9-15(12-14)20(21,22)23/h4-13H,1-3H3. The van der Waals surface area contributed by atoms with Gasteiger partial charge in [-0.05, 0) is 24.3 Å². The highest BCUT2D eigenvalue weighted by Gasteiger charge is 2.31. The molecule has 3 rings (SSSR count). The molecule has 0 spiro atoms. The van der Waals surface area contributed by atoms with Crippen LogP contribution in [-0.4, -0.2) is 9.55 Å². The van der Waals surface area contributed by atoms with Crippen molar-refractivity contribution in [2.45, 2.75) is 32.4 Å². The van der Waals surface area contributed by atoms with Crippen LogP contribution in [0.5, 0.6) is 0 Å². The summed E-state index contributed by atoms with van der Waals surface area (Å²) in [4.78, 5) is 4.45. The summed E-state index contributed by atoms with van der Waals surface area (Å²) in [5.74, 6) is 0.502. The molecule has 25 heavy (non-hydrogen) atoms. The van der Waals surface area contributed by atoms with Gasteiger partial charge in [-0.1, -0.05) is 51.1 Å². The van der Waals surface area contributed by atoms with E-state index in [9.17, 15) is 13.2 Å². The zero-order chi connectivity index (χ0) is 18.2. The number of hydrogen-bond donors (Lipinski definition) is 0. The maximum atomic E-state index is 13.1. The highest BCUT2D eigenvalue weighted by atomic mass is 19.4. The van der Waals surface area contributed by atoms with Crippen LogP contribution in [-0.2, 0) is 11.6 Å². The second kappa shape index (κ2) is 6.06. The maximum absolute atomic E-state index is 13.1. The SMILES string of the molecule is CC(C)(C)c1cnc(-c2cccc(C(F)(F)F)c2)n1-c1ccccc1. The number of hydrogen-bond acceptors (Lipinski definition) is 1. The van der Waals surface area contributed by atoms with Crippen LogP contribution in [0.15, 0.2) is 60.8 Å². The van der Waals surface area contributed by atoms with Gasteiger partial charge in [-0.2, -0.15) is 13.2 Å². The fourth-order valence-electron chi connectivity index (χ4n) is 2.76. The average molecular weight is 344 g/mol. The second-order valence-corrected chi connectivity index (χ2v) is 6.97. The molecule has 0 saturated carbocycles. The van der Waals surface area contributed by atoms with Crippen LogP contribution in [0.4, 0.5) is 13.2 Å². The zero-order valence-corrected chi connectivity index (χ0v) is 14.3. The fraction of sp³-hybridized carbons (Fsp3) is 0.250. The largest absolute Gasteiger partial charge is 0.416 e. The molecule has 2 aromatic carbocycles. The third-order valence-corrected chi connectivity index (χ3v) is 3.99. The minimum absolute atomic E-state index is 0.206. The van der Waals surface area contributed by atoms with Gasteiger partial charge in [0.15, 0.2) is 0 Å². The van der Waals surface area contributed by atoms with Gasteiger partial charge >= 0.3 is 6.18 Å². The molecule has 0 amide bonds. The lowest BCUT2D eigenvalue weighted by molar-refractivity contribution is -0.137. The summed E-state index contributed by atoms with van der Waals surface area (Å²) < 4.78 is 41.1. The van der Waals surface area contributed by atoms with Crippen molar-refractivity contribution < 1.29 is 13.2 Å². The molecule has 2 nitrogen and oxygen atoms in total. The van der Waals surface area contributed by atoms with Gasteiger partial charge in [0.2, 0.25) is 0 Å². The van der Waals surface area contributed by atoms with E-state index in [0.717, 1.165) is 23.5 Å². The Morgan fingerprint density at radius 2 is 1.56 bits per heavy atom. The average Bonchev–Trinajstić information content (AvgIpc) is 3.00. The Morgan fingerprint density at radius 1 is 0.880 bits per heavy atom. The smallest absolute Gasteiger partial charge is 0.296 e. The van der Waals surface area contributed by atoms with Crippen LogP contribution in [0.3, 0.4) is 0 Å². The second-order valence-electron chi connectivity index (χ2n) is 6.97. The van der Waals surface area contributed by atoms with Gasteiger partial charge in [-0.15, -0.1) is 0 Å². The molecule has 0 atom stereocenters. The van der Waals surface area contributed by atoms with Gasteiger partial charge in [0, 0.05) is 28.6 Å². The molecule has 1 aromatic heterocycles. The van der Waals surface area contributed by atoms with Gasteiger partial charge < -0.3 is 0 Å². The van der Waals surface area contributed by atoms with Crippen LogP contribution in [0.2, 0.25) is 0 Å². The first-order valence-electron chi connectivity index (χ1n) is 7.99. The van der Waals surface area contributed by atoms with Gasteiger partial charge in [-0.25, -0.2) is 4.98 Å². The van der Waals surface area contributed by atoms with E-state index in [-0.39, 0.29) is 5.41 Å². The van der Waals surface area contributed by atoms with Crippen molar-refractivity contribution in [3.05, 3.63) is 72.1 Å². The lowest BCUT2D eigenvalue weighted by Crippen LogP contribution is -2.17. The number of nitrogens with zero attached hydrogens (tertiary/aromatic N) is 2. The molecule has 0 fully saturated rings. The van der Waals surface area contributed by atoms with E-state index in [4.69, 9.17) is 0 Å². The van der Waals surface area contributed by atoms with Crippen LogP contribution in [0.25, 0.3) is 17.1 Å². The summed E-state index contributed by atoms with van der Waals surface area (Å²) in [6.45, 7) is 6.16. The Morgan fingerprint density at radius 3 is 2.16 bits per heavy atom. The molecule has 0 aliphatic heterocycles. The lowest BCUT2D eigenvalue weighted by atomic mass is 9.92. The van der Waals surface area contributed by atoms with Gasteiger partial charge in [0.05, 0.1) is 5.56 Å². The quantitative estimate of drug-likeness (QED) is 0.570. The maximum Gasteiger partial charge on any atom is 0.416 e. The van der Waals surface area contributed by atoms with Crippen molar-refractivity contribution in [3.8, 4) is 17.1 Å². The number of aromatic nitrogens is 2. The van der Waals surface area contributed by atoms with Crippen LogP contribution < -0.4 is 0 Å². The molecule has 0 unspecified atom stereocenters. The Labute approximate surface area is 145 Å². The minimum Gasteiger partial charge on any atom is -0.296 e. The molecule has 3 aromatic rings. The highest BCUT2D eigenvalue weighted by molar-refractivity contribution is 5.61. The minimum atomic E-state index is -4.38. The first kappa shape index (κ1) is 17.3. The molecule has 0 saturated heterocycles. The Bertz CT molecular complexity index is 872. The Kier molecular flexibility index (Phi) is 4.19. The summed E-state index contributed by atoms with van der Waals surface area (Å²) >= 11 is 0. The molecule has 5 heteroatoms. The predicted molar refractivity (Wildman–Crippen MR) is 92.7 cm³/mol. The Hall–Kier alpha value is -2.56. The van der Waals surface area contributed by atoms with Crippen molar-refractivity contribution >= 4 is 0 Å². The van der Waals surface area contributed by atoms with Crippen molar-refractivity contribution in [1.29, 1.82) is 0 Å². The number of rotatable bonds is 2. The van der Waals surface area contributed by atoms with E-state index in [0.29, 0.717) is 11.4 Å². The summed E-state index contributed by atoms with van der Waals surface area (Å²) in [7, 11) is 0. The number of imidazole rings is 1. The molecular formula is C20H19F3N2. The Balaban J connectivity index is 2.23. The van der Waals surface area contributed by atoms with E-state index in [1.54, 1.807) is 12.3 Å². The summed E-state index contributed by atoms with van der Waals surface area (Å²) in [5, 5.41) is 0.